The molecule has 0 saturated carbocycles. The summed E-state index contributed by atoms with van der Waals surface area (Å²) in [6, 6.07) is 12.4. The van der Waals surface area contributed by atoms with Crippen LogP contribution in [0, 0.1) is 12.7 Å². The maximum Gasteiger partial charge on any atom is 0.191 e. The SMILES string of the molecule is CCn1c(COc2ccc(F)cc2Cl)nnc1SCc1csc(-c2ccc(C)cc2)n1. The Hall–Kier alpha value is -2.42. The summed E-state index contributed by atoms with van der Waals surface area (Å²) < 4.78 is 20.9. The number of nitrogens with zero attached hydrogens (tertiary/aromatic N) is 4. The fraction of sp³-hybridized carbons (Fsp3) is 0.227. The number of ether oxygens (including phenoxy) is 1. The number of rotatable bonds is 8. The number of aromatic nitrogens is 4. The normalized spacial score (nSPS) is 11.1. The number of hydrogen-bond acceptors (Lipinski definition) is 6. The Kier molecular flexibility index (Phi) is 6.89. The zero-order chi connectivity index (χ0) is 21.8. The average molecular weight is 475 g/mol. The third-order valence-electron chi connectivity index (χ3n) is 4.56. The molecular weight excluding hydrogens is 455 g/mol. The second-order valence-electron chi connectivity index (χ2n) is 6.81. The first-order valence-electron chi connectivity index (χ1n) is 9.67. The molecule has 0 bridgehead atoms. The van der Waals surface area contributed by atoms with Gasteiger partial charge in [-0.25, -0.2) is 9.37 Å². The van der Waals surface area contributed by atoms with E-state index in [0.29, 0.717) is 23.9 Å². The average Bonchev–Trinajstić information content (AvgIpc) is 3.39. The summed E-state index contributed by atoms with van der Waals surface area (Å²) in [5.74, 6) is 1.39. The molecule has 0 amide bonds. The van der Waals surface area contributed by atoms with Gasteiger partial charge in [0.25, 0.3) is 0 Å². The molecule has 2 aromatic carbocycles. The minimum Gasteiger partial charge on any atom is -0.484 e. The van der Waals surface area contributed by atoms with Gasteiger partial charge in [0.05, 0.1) is 10.7 Å². The van der Waals surface area contributed by atoms with Crippen molar-refractivity contribution in [2.24, 2.45) is 0 Å². The molecule has 31 heavy (non-hydrogen) atoms. The highest BCUT2D eigenvalue weighted by atomic mass is 35.5. The third kappa shape index (κ3) is 5.26. The Morgan fingerprint density at radius 1 is 1.16 bits per heavy atom. The molecule has 0 aliphatic carbocycles. The van der Waals surface area contributed by atoms with Gasteiger partial charge < -0.3 is 9.30 Å². The van der Waals surface area contributed by atoms with E-state index in [4.69, 9.17) is 21.3 Å². The lowest BCUT2D eigenvalue weighted by molar-refractivity contribution is 0.288. The van der Waals surface area contributed by atoms with Crippen LogP contribution in [0.3, 0.4) is 0 Å². The van der Waals surface area contributed by atoms with Crippen LogP contribution in [0.4, 0.5) is 4.39 Å². The molecule has 0 N–H and O–H groups in total. The van der Waals surface area contributed by atoms with Crippen molar-refractivity contribution in [1.29, 1.82) is 0 Å². The van der Waals surface area contributed by atoms with Crippen molar-refractivity contribution in [3.8, 4) is 16.3 Å². The van der Waals surface area contributed by atoms with Crippen molar-refractivity contribution < 1.29 is 9.13 Å². The van der Waals surface area contributed by atoms with Gasteiger partial charge in [0, 0.05) is 23.2 Å². The first-order valence-corrected chi connectivity index (χ1v) is 11.9. The van der Waals surface area contributed by atoms with E-state index in [9.17, 15) is 4.39 Å². The molecular formula is C22H20ClFN4OS2. The van der Waals surface area contributed by atoms with Gasteiger partial charge in [-0.15, -0.1) is 21.5 Å². The minimum atomic E-state index is -0.402. The van der Waals surface area contributed by atoms with Crippen molar-refractivity contribution in [3.63, 3.8) is 0 Å². The van der Waals surface area contributed by atoms with Crippen LogP contribution in [0.25, 0.3) is 10.6 Å². The van der Waals surface area contributed by atoms with Crippen LogP contribution in [0.2, 0.25) is 5.02 Å². The van der Waals surface area contributed by atoms with E-state index in [0.717, 1.165) is 21.4 Å². The van der Waals surface area contributed by atoms with Crippen molar-refractivity contribution >= 4 is 34.7 Å². The molecule has 0 unspecified atom stereocenters. The van der Waals surface area contributed by atoms with Crippen LogP contribution in [0.5, 0.6) is 5.75 Å². The largest absolute Gasteiger partial charge is 0.484 e. The van der Waals surface area contributed by atoms with E-state index in [1.54, 1.807) is 23.1 Å². The second kappa shape index (κ2) is 9.80. The topological polar surface area (TPSA) is 52.8 Å². The van der Waals surface area contributed by atoms with Crippen molar-refractivity contribution in [3.05, 3.63) is 75.8 Å². The van der Waals surface area contributed by atoms with Crippen LogP contribution in [-0.4, -0.2) is 19.7 Å². The van der Waals surface area contributed by atoms with Gasteiger partial charge in [-0.05, 0) is 32.0 Å². The first kappa shape index (κ1) is 21.8. The minimum absolute atomic E-state index is 0.195. The number of aryl methyl sites for hydroxylation is 1. The first-order chi connectivity index (χ1) is 15.0. The van der Waals surface area contributed by atoms with Crippen molar-refractivity contribution in [2.75, 3.05) is 0 Å². The predicted molar refractivity (Wildman–Crippen MR) is 123 cm³/mol. The van der Waals surface area contributed by atoms with Gasteiger partial charge in [0.15, 0.2) is 11.0 Å². The summed E-state index contributed by atoms with van der Waals surface area (Å²) in [7, 11) is 0. The van der Waals surface area contributed by atoms with Crippen molar-refractivity contribution in [2.45, 2.75) is 37.9 Å². The molecule has 0 spiro atoms. The van der Waals surface area contributed by atoms with Gasteiger partial charge in [-0.3, -0.25) is 0 Å². The van der Waals surface area contributed by atoms with E-state index >= 15 is 0 Å². The maximum atomic E-state index is 13.2. The summed E-state index contributed by atoms with van der Waals surface area (Å²) in [4.78, 5) is 4.75. The molecule has 4 aromatic rings. The van der Waals surface area contributed by atoms with Gasteiger partial charge in [0.1, 0.15) is 23.2 Å². The second-order valence-corrected chi connectivity index (χ2v) is 9.01. The van der Waals surface area contributed by atoms with Gasteiger partial charge in [-0.2, -0.15) is 0 Å². The van der Waals surface area contributed by atoms with E-state index in [1.807, 2.05) is 11.5 Å². The molecule has 0 aliphatic rings. The molecule has 2 aromatic heterocycles. The Labute approximate surface area is 193 Å². The lowest BCUT2D eigenvalue weighted by Crippen LogP contribution is -2.07. The molecule has 0 atom stereocenters. The highest BCUT2D eigenvalue weighted by molar-refractivity contribution is 7.98. The van der Waals surface area contributed by atoms with Gasteiger partial charge in [-0.1, -0.05) is 53.2 Å². The Morgan fingerprint density at radius 3 is 2.71 bits per heavy atom. The van der Waals surface area contributed by atoms with Gasteiger partial charge >= 0.3 is 0 Å². The molecule has 9 heteroatoms. The molecule has 0 radical (unpaired) electrons. The van der Waals surface area contributed by atoms with Crippen LogP contribution in [0.1, 0.15) is 24.0 Å². The monoisotopic (exact) mass is 474 g/mol. The van der Waals surface area contributed by atoms with E-state index in [2.05, 4.69) is 46.8 Å². The number of hydrogen-bond donors (Lipinski definition) is 0. The fourth-order valence-electron chi connectivity index (χ4n) is 2.93. The van der Waals surface area contributed by atoms with Crippen LogP contribution in [-0.2, 0) is 18.9 Å². The molecule has 160 valence electrons. The summed E-state index contributed by atoms with van der Waals surface area (Å²) in [6.07, 6.45) is 0. The predicted octanol–water partition coefficient (Wildman–Crippen LogP) is 6.39. The molecule has 5 nitrogen and oxygen atoms in total. The van der Waals surface area contributed by atoms with Crippen molar-refractivity contribution in [1.82, 2.24) is 19.7 Å². The summed E-state index contributed by atoms with van der Waals surface area (Å²) in [5, 5.41) is 12.7. The Balaban J connectivity index is 1.40. The molecule has 0 fully saturated rings. The van der Waals surface area contributed by atoms with Crippen LogP contribution < -0.4 is 4.74 Å². The number of halogens is 2. The number of benzene rings is 2. The van der Waals surface area contributed by atoms with Crippen LogP contribution in [0.15, 0.2) is 53.0 Å². The molecule has 0 aliphatic heterocycles. The zero-order valence-corrected chi connectivity index (χ0v) is 19.4. The summed E-state index contributed by atoms with van der Waals surface area (Å²) in [5.41, 5.74) is 3.37. The molecule has 0 saturated heterocycles. The summed E-state index contributed by atoms with van der Waals surface area (Å²) in [6.45, 7) is 5.00. The molecule has 4 rings (SSSR count). The maximum absolute atomic E-state index is 13.2. The zero-order valence-electron chi connectivity index (χ0n) is 17.0. The van der Waals surface area contributed by atoms with Gasteiger partial charge in [0.2, 0.25) is 0 Å². The highest BCUT2D eigenvalue weighted by Gasteiger charge is 2.14. The quantitative estimate of drug-likeness (QED) is 0.277. The number of thioether (sulfide) groups is 1. The van der Waals surface area contributed by atoms with E-state index < -0.39 is 5.82 Å². The van der Waals surface area contributed by atoms with E-state index in [1.165, 1.54) is 23.8 Å². The Bertz CT molecular complexity index is 1180. The molecule has 2 heterocycles. The summed E-state index contributed by atoms with van der Waals surface area (Å²) >= 11 is 9.25. The third-order valence-corrected chi connectivity index (χ3v) is 6.80. The lowest BCUT2D eigenvalue weighted by atomic mass is 10.2. The Morgan fingerprint density at radius 2 is 1.97 bits per heavy atom. The standard InChI is InChI=1S/C22H20ClFN4OS2/c1-3-28-20(11-29-19-9-8-16(24)10-18(19)23)26-27-22(28)31-13-17-12-30-21(25-17)15-6-4-14(2)5-7-15/h4-10,12H,3,11,13H2,1-2H3. The van der Waals surface area contributed by atoms with Crippen LogP contribution >= 0.6 is 34.7 Å². The van der Waals surface area contributed by atoms with E-state index in [-0.39, 0.29) is 11.6 Å². The lowest BCUT2D eigenvalue weighted by Gasteiger charge is -2.09. The fourth-order valence-corrected chi connectivity index (χ4v) is 4.99. The smallest absolute Gasteiger partial charge is 0.191 e. The number of thiazole rings is 1. The highest BCUT2D eigenvalue weighted by Crippen LogP contribution is 2.29.